The van der Waals surface area contributed by atoms with Crippen molar-refractivity contribution in [3.63, 3.8) is 0 Å². The van der Waals surface area contributed by atoms with E-state index in [1.807, 2.05) is 26.8 Å². The van der Waals surface area contributed by atoms with Crippen LogP contribution in [0, 0.1) is 0 Å². The average Bonchev–Trinajstić information content (AvgIpc) is 2.13. The van der Waals surface area contributed by atoms with Crippen LogP contribution in [0.4, 0.5) is 0 Å². The number of para-hydroxylation sites is 1. The lowest BCUT2D eigenvalue weighted by Gasteiger charge is -2.35. The van der Waals surface area contributed by atoms with Crippen LogP contribution in [0.3, 0.4) is 0 Å². The number of rotatable bonds is 1. The first-order valence-corrected chi connectivity index (χ1v) is 7.73. The summed E-state index contributed by atoms with van der Waals surface area (Å²) >= 11 is 0. The van der Waals surface area contributed by atoms with Gasteiger partial charge in [-0.3, -0.25) is 0 Å². The molecule has 17 heavy (non-hydrogen) atoms. The van der Waals surface area contributed by atoms with Gasteiger partial charge in [0.25, 0.3) is 0 Å². The highest BCUT2D eigenvalue weighted by Gasteiger charge is 2.49. The smallest absolute Gasteiger partial charge is 0.491 e. The molecule has 0 saturated carbocycles. The fourth-order valence-corrected chi connectivity index (χ4v) is 4.03. The molecular weight excluding hydrogens is 236 g/mol. The number of carbonyl (C=O) groups is 1. The Bertz CT molecular complexity index is 452. The predicted molar refractivity (Wildman–Crippen MR) is 64.9 cm³/mol. The van der Waals surface area contributed by atoms with E-state index in [-0.39, 0.29) is 5.97 Å². The Labute approximate surface area is 102 Å². The topological polar surface area (TPSA) is 44.8 Å². The minimum absolute atomic E-state index is 0.370. The molecule has 0 spiro atoms. The Morgan fingerprint density at radius 1 is 1.18 bits per heavy atom. The first kappa shape index (κ1) is 12.1. The lowest BCUT2D eigenvalue weighted by Crippen LogP contribution is -2.53. The highest BCUT2D eigenvalue weighted by atomic mass is 28.4. The minimum atomic E-state index is -2.94. The second-order valence-electron chi connectivity index (χ2n) is 5.06. The molecule has 0 aromatic heterocycles. The quantitative estimate of drug-likeness (QED) is 0.721. The largest absolute Gasteiger partial charge is 0.631 e. The van der Waals surface area contributed by atoms with Crippen LogP contribution >= 0.6 is 0 Å². The maximum absolute atomic E-state index is 11.8. The van der Waals surface area contributed by atoms with Crippen LogP contribution in [-0.2, 0) is 8.85 Å². The van der Waals surface area contributed by atoms with E-state index < -0.39 is 14.4 Å². The lowest BCUT2D eigenvalue weighted by molar-refractivity contribution is 0.0193. The standard InChI is InChI=1S/C12H16O4Si/c1-12(2,3)16-17(4)14-10-8-6-5-7-9(10)11(13)15-17/h5-8H,1-4H3. The fourth-order valence-electron chi connectivity index (χ4n) is 1.77. The van der Waals surface area contributed by atoms with Crippen LogP contribution in [-0.4, -0.2) is 20.4 Å². The van der Waals surface area contributed by atoms with Crippen LogP contribution in [0.2, 0.25) is 6.55 Å². The van der Waals surface area contributed by atoms with Crippen molar-refractivity contribution in [1.82, 2.24) is 0 Å². The zero-order chi connectivity index (χ0) is 12.7. The van der Waals surface area contributed by atoms with Gasteiger partial charge in [0.15, 0.2) is 0 Å². The van der Waals surface area contributed by atoms with Gasteiger partial charge >= 0.3 is 14.8 Å². The number of benzene rings is 1. The van der Waals surface area contributed by atoms with Gasteiger partial charge in [-0.25, -0.2) is 4.79 Å². The summed E-state index contributed by atoms with van der Waals surface area (Å²) in [6.07, 6.45) is 0. The number of hydrogen-bond donors (Lipinski definition) is 0. The van der Waals surface area contributed by atoms with Gasteiger partial charge in [0.05, 0.1) is 11.2 Å². The summed E-state index contributed by atoms with van der Waals surface area (Å²) in [7, 11) is -2.94. The monoisotopic (exact) mass is 252 g/mol. The molecule has 1 aromatic rings. The van der Waals surface area contributed by atoms with Crippen molar-refractivity contribution >= 4 is 14.8 Å². The average molecular weight is 252 g/mol. The van der Waals surface area contributed by atoms with Crippen molar-refractivity contribution in [1.29, 1.82) is 0 Å². The third-order valence-corrected chi connectivity index (χ3v) is 4.30. The first-order valence-electron chi connectivity index (χ1n) is 5.51. The van der Waals surface area contributed by atoms with Crippen LogP contribution < -0.4 is 4.43 Å². The SMILES string of the molecule is CC(C)(C)O[Si]1(C)OC(=O)c2ccccc2O1. The summed E-state index contributed by atoms with van der Waals surface area (Å²) in [6, 6.07) is 7.04. The van der Waals surface area contributed by atoms with Crippen molar-refractivity contribution in [2.24, 2.45) is 0 Å². The molecule has 0 saturated heterocycles. The van der Waals surface area contributed by atoms with E-state index in [1.165, 1.54) is 0 Å². The van der Waals surface area contributed by atoms with Crippen molar-refractivity contribution in [3.05, 3.63) is 29.8 Å². The van der Waals surface area contributed by atoms with Gasteiger partial charge in [-0.05, 0) is 32.9 Å². The Hall–Kier alpha value is -1.33. The highest BCUT2D eigenvalue weighted by Crippen LogP contribution is 2.31. The summed E-state index contributed by atoms with van der Waals surface area (Å²) in [6.45, 7) is 7.45. The van der Waals surface area contributed by atoms with Crippen LogP contribution in [0.15, 0.2) is 24.3 Å². The molecule has 1 aliphatic rings. The van der Waals surface area contributed by atoms with Gasteiger partial charge in [-0.15, -0.1) is 0 Å². The normalized spacial score (nSPS) is 23.6. The van der Waals surface area contributed by atoms with Crippen LogP contribution in [0.1, 0.15) is 31.1 Å². The van der Waals surface area contributed by atoms with Crippen molar-refractivity contribution < 1.29 is 18.1 Å². The van der Waals surface area contributed by atoms with E-state index in [0.29, 0.717) is 11.3 Å². The summed E-state index contributed by atoms with van der Waals surface area (Å²) in [4.78, 5) is 11.8. The third kappa shape index (κ3) is 2.67. The molecule has 0 N–H and O–H groups in total. The fraction of sp³-hybridized carbons (Fsp3) is 0.417. The highest BCUT2D eigenvalue weighted by molar-refractivity contribution is 6.63. The van der Waals surface area contributed by atoms with Gasteiger partial charge in [0.1, 0.15) is 5.75 Å². The maximum Gasteiger partial charge on any atom is 0.631 e. The minimum Gasteiger partial charge on any atom is -0.491 e. The molecule has 0 aliphatic carbocycles. The zero-order valence-electron chi connectivity index (χ0n) is 10.4. The molecule has 1 unspecified atom stereocenters. The van der Waals surface area contributed by atoms with E-state index in [9.17, 15) is 4.79 Å². The molecular formula is C12H16O4Si. The van der Waals surface area contributed by atoms with Crippen molar-refractivity contribution in [2.45, 2.75) is 32.9 Å². The molecule has 4 nitrogen and oxygen atoms in total. The molecule has 5 heteroatoms. The van der Waals surface area contributed by atoms with Crippen LogP contribution in [0.25, 0.3) is 0 Å². The van der Waals surface area contributed by atoms with Gasteiger partial charge in [0, 0.05) is 6.55 Å². The second-order valence-corrected chi connectivity index (χ2v) is 7.40. The molecule has 0 bridgehead atoms. The van der Waals surface area contributed by atoms with Crippen molar-refractivity contribution in [2.75, 3.05) is 0 Å². The molecule has 1 aliphatic heterocycles. The molecule has 0 radical (unpaired) electrons. The molecule has 1 aromatic carbocycles. The number of fused-ring (bicyclic) bond motifs is 1. The Morgan fingerprint density at radius 2 is 1.82 bits per heavy atom. The Kier molecular flexibility index (Phi) is 2.75. The molecule has 2 rings (SSSR count). The van der Waals surface area contributed by atoms with Gasteiger partial charge in [-0.1, -0.05) is 12.1 Å². The Balaban J connectivity index is 2.30. The van der Waals surface area contributed by atoms with Gasteiger partial charge in [0.2, 0.25) is 0 Å². The summed E-state index contributed by atoms with van der Waals surface area (Å²) in [5.74, 6) is 0.174. The Morgan fingerprint density at radius 3 is 2.47 bits per heavy atom. The molecule has 0 fully saturated rings. The maximum atomic E-state index is 11.8. The van der Waals surface area contributed by atoms with E-state index in [4.69, 9.17) is 13.3 Å². The zero-order valence-corrected chi connectivity index (χ0v) is 11.4. The van der Waals surface area contributed by atoms with Crippen molar-refractivity contribution in [3.8, 4) is 5.75 Å². The first-order chi connectivity index (χ1) is 7.79. The van der Waals surface area contributed by atoms with E-state index >= 15 is 0 Å². The summed E-state index contributed by atoms with van der Waals surface area (Å²) in [5.41, 5.74) is 0.0445. The van der Waals surface area contributed by atoms with E-state index in [1.54, 1.807) is 24.7 Å². The van der Waals surface area contributed by atoms with Crippen LogP contribution in [0.5, 0.6) is 5.75 Å². The predicted octanol–water partition coefficient (Wildman–Crippen LogP) is 2.62. The van der Waals surface area contributed by atoms with E-state index in [0.717, 1.165) is 0 Å². The summed E-state index contributed by atoms with van der Waals surface area (Å²) in [5, 5.41) is 0. The number of carbonyl (C=O) groups excluding carboxylic acids is 1. The lowest BCUT2D eigenvalue weighted by atomic mass is 10.2. The summed E-state index contributed by atoms with van der Waals surface area (Å²) < 4.78 is 16.8. The number of hydrogen-bond acceptors (Lipinski definition) is 4. The van der Waals surface area contributed by atoms with E-state index in [2.05, 4.69) is 0 Å². The molecule has 1 atom stereocenters. The molecule has 1 heterocycles. The molecule has 0 amide bonds. The molecule has 92 valence electrons. The second kappa shape index (κ2) is 3.85. The van der Waals surface area contributed by atoms with Gasteiger partial charge in [-0.2, -0.15) is 0 Å². The third-order valence-electron chi connectivity index (χ3n) is 2.17. The van der Waals surface area contributed by atoms with Gasteiger partial charge < -0.3 is 13.3 Å².